The zero-order chi connectivity index (χ0) is 14.3. The second kappa shape index (κ2) is 8.10. The first-order valence-corrected chi connectivity index (χ1v) is 7.04. The number of carbonyl (C=O) groups is 1. The first-order valence-electron chi connectivity index (χ1n) is 6.66. The molecular formula is C14H20ClFN2O. The van der Waals surface area contributed by atoms with E-state index in [1.807, 2.05) is 6.92 Å². The van der Waals surface area contributed by atoms with Crippen molar-refractivity contribution in [3.8, 4) is 0 Å². The summed E-state index contributed by atoms with van der Waals surface area (Å²) in [6, 6.07) is 1.15. The van der Waals surface area contributed by atoms with Gasteiger partial charge in [-0.1, -0.05) is 44.2 Å². The molecule has 0 radical (unpaired) electrons. The Labute approximate surface area is 118 Å². The molecule has 1 heterocycles. The third kappa shape index (κ3) is 5.55. The minimum Gasteiger partial charge on any atom is -0.349 e. The molecule has 3 nitrogen and oxygen atoms in total. The first kappa shape index (κ1) is 15.9. The Hall–Kier alpha value is -1.16. The maximum atomic E-state index is 13.0. The van der Waals surface area contributed by atoms with Crippen molar-refractivity contribution in [2.45, 2.75) is 52.0 Å². The Morgan fingerprint density at radius 2 is 2.21 bits per heavy atom. The van der Waals surface area contributed by atoms with Crippen LogP contribution in [-0.2, 0) is 0 Å². The standard InChI is InChI=1S/C14H20ClFN2O/c1-3-4-5-6-7-10(2)18-14(19)12-8-11(16)9-17-13(12)15/h8-10H,3-7H2,1-2H3,(H,18,19). The molecule has 0 saturated heterocycles. The lowest BCUT2D eigenvalue weighted by atomic mass is 10.1. The van der Waals surface area contributed by atoms with Crippen molar-refractivity contribution in [2.75, 3.05) is 0 Å². The molecule has 106 valence electrons. The molecule has 1 aromatic heterocycles. The van der Waals surface area contributed by atoms with Crippen molar-refractivity contribution in [2.24, 2.45) is 0 Å². The van der Waals surface area contributed by atoms with Crippen molar-refractivity contribution in [1.82, 2.24) is 10.3 Å². The Morgan fingerprint density at radius 1 is 1.47 bits per heavy atom. The number of aromatic nitrogens is 1. The summed E-state index contributed by atoms with van der Waals surface area (Å²) in [6.07, 6.45) is 6.54. The third-order valence-electron chi connectivity index (χ3n) is 2.92. The number of carbonyl (C=O) groups excluding carboxylic acids is 1. The molecule has 5 heteroatoms. The highest BCUT2D eigenvalue weighted by Gasteiger charge is 2.14. The highest BCUT2D eigenvalue weighted by molar-refractivity contribution is 6.32. The lowest BCUT2D eigenvalue weighted by Crippen LogP contribution is -2.32. The van der Waals surface area contributed by atoms with Crippen LogP contribution < -0.4 is 5.32 Å². The van der Waals surface area contributed by atoms with Gasteiger partial charge in [0.25, 0.3) is 5.91 Å². The van der Waals surface area contributed by atoms with Crippen molar-refractivity contribution in [3.05, 3.63) is 28.8 Å². The fourth-order valence-corrected chi connectivity index (χ4v) is 2.02. The fourth-order valence-electron chi connectivity index (χ4n) is 1.83. The van der Waals surface area contributed by atoms with Gasteiger partial charge in [-0.25, -0.2) is 9.37 Å². The minimum absolute atomic E-state index is 0.0251. The SMILES string of the molecule is CCCCCCC(C)NC(=O)c1cc(F)cnc1Cl. The number of nitrogens with one attached hydrogen (secondary N) is 1. The molecule has 0 aliphatic rings. The van der Waals surface area contributed by atoms with Crippen molar-refractivity contribution >= 4 is 17.5 Å². The molecule has 1 rings (SSSR count). The van der Waals surface area contributed by atoms with Crippen molar-refractivity contribution in [3.63, 3.8) is 0 Å². The van der Waals surface area contributed by atoms with Crippen LogP contribution in [-0.4, -0.2) is 16.9 Å². The topological polar surface area (TPSA) is 42.0 Å². The van der Waals surface area contributed by atoms with E-state index in [9.17, 15) is 9.18 Å². The molecule has 0 saturated carbocycles. The molecule has 0 spiro atoms. The van der Waals surface area contributed by atoms with Gasteiger partial charge >= 0.3 is 0 Å². The molecule has 1 unspecified atom stereocenters. The van der Waals surface area contributed by atoms with Gasteiger partial charge in [0.05, 0.1) is 11.8 Å². The van der Waals surface area contributed by atoms with Crippen LogP contribution in [0.3, 0.4) is 0 Å². The number of halogens is 2. The first-order chi connectivity index (χ1) is 9.04. The van der Waals surface area contributed by atoms with Crippen LogP contribution in [0, 0.1) is 5.82 Å². The van der Waals surface area contributed by atoms with Gasteiger partial charge in [0.15, 0.2) is 0 Å². The number of hydrogen-bond acceptors (Lipinski definition) is 2. The van der Waals surface area contributed by atoms with E-state index in [0.29, 0.717) is 0 Å². The molecule has 0 aliphatic heterocycles. The Bertz CT molecular complexity index is 426. The Kier molecular flexibility index (Phi) is 6.78. The number of amides is 1. The number of pyridine rings is 1. The van der Waals surface area contributed by atoms with E-state index >= 15 is 0 Å². The van der Waals surface area contributed by atoms with Gasteiger partial charge in [-0.3, -0.25) is 4.79 Å². The fraction of sp³-hybridized carbons (Fsp3) is 0.571. The highest BCUT2D eigenvalue weighted by Crippen LogP contribution is 2.14. The predicted molar refractivity (Wildman–Crippen MR) is 74.9 cm³/mol. The molecule has 1 N–H and O–H groups in total. The summed E-state index contributed by atoms with van der Waals surface area (Å²) in [5.41, 5.74) is 0.0853. The number of nitrogens with zero attached hydrogens (tertiary/aromatic N) is 1. The van der Waals surface area contributed by atoms with Gasteiger partial charge in [-0.2, -0.15) is 0 Å². The normalized spacial score (nSPS) is 12.2. The molecule has 1 amide bonds. The summed E-state index contributed by atoms with van der Waals surface area (Å²) < 4.78 is 13.0. The van der Waals surface area contributed by atoms with Gasteiger partial charge in [0.1, 0.15) is 11.0 Å². The highest BCUT2D eigenvalue weighted by atomic mass is 35.5. The Morgan fingerprint density at radius 3 is 2.89 bits per heavy atom. The summed E-state index contributed by atoms with van der Waals surface area (Å²) in [6.45, 7) is 4.09. The molecule has 0 bridgehead atoms. The monoisotopic (exact) mass is 286 g/mol. The molecule has 0 fully saturated rings. The molecule has 0 aromatic carbocycles. The smallest absolute Gasteiger partial charge is 0.254 e. The quantitative estimate of drug-likeness (QED) is 0.609. The molecule has 0 aliphatic carbocycles. The summed E-state index contributed by atoms with van der Waals surface area (Å²) in [5.74, 6) is -0.940. The summed E-state index contributed by atoms with van der Waals surface area (Å²) in [4.78, 5) is 15.5. The van der Waals surface area contributed by atoms with Crippen LogP contribution in [0.25, 0.3) is 0 Å². The second-order valence-electron chi connectivity index (χ2n) is 4.72. The number of hydrogen-bond donors (Lipinski definition) is 1. The number of rotatable bonds is 7. The predicted octanol–water partition coefficient (Wildman–Crippen LogP) is 3.96. The van der Waals surface area contributed by atoms with Gasteiger partial charge in [0.2, 0.25) is 0 Å². The minimum atomic E-state index is -0.565. The van der Waals surface area contributed by atoms with Crippen LogP contribution in [0.5, 0.6) is 0 Å². The second-order valence-corrected chi connectivity index (χ2v) is 5.07. The van der Waals surface area contributed by atoms with Gasteiger partial charge in [-0.15, -0.1) is 0 Å². The van der Waals surface area contributed by atoms with Gasteiger partial charge < -0.3 is 5.32 Å². The molecule has 1 atom stereocenters. The lowest BCUT2D eigenvalue weighted by Gasteiger charge is -2.14. The van der Waals surface area contributed by atoms with Crippen molar-refractivity contribution < 1.29 is 9.18 Å². The van der Waals surface area contributed by atoms with E-state index < -0.39 is 5.82 Å². The van der Waals surface area contributed by atoms with E-state index in [2.05, 4.69) is 17.2 Å². The largest absolute Gasteiger partial charge is 0.349 e. The molecular weight excluding hydrogens is 267 g/mol. The maximum absolute atomic E-state index is 13.0. The van der Waals surface area contributed by atoms with Crippen molar-refractivity contribution in [1.29, 1.82) is 0 Å². The zero-order valence-electron chi connectivity index (χ0n) is 11.4. The zero-order valence-corrected chi connectivity index (χ0v) is 12.1. The third-order valence-corrected chi connectivity index (χ3v) is 3.22. The van der Waals surface area contributed by atoms with Crippen LogP contribution in [0.1, 0.15) is 56.3 Å². The van der Waals surface area contributed by atoms with E-state index in [4.69, 9.17) is 11.6 Å². The summed E-state index contributed by atoms with van der Waals surface area (Å²) >= 11 is 5.78. The van der Waals surface area contributed by atoms with Crippen LogP contribution in [0.4, 0.5) is 4.39 Å². The number of unbranched alkanes of at least 4 members (excludes halogenated alkanes) is 3. The van der Waals surface area contributed by atoms with Gasteiger partial charge in [0, 0.05) is 6.04 Å². The van der Waals surface area contributed by atoms with E-state index in [-0.39, 0.29) is 22.7 Å². The Balaban J connectivity index is 2.47. The summed E-state index contributed by atoms with van der Waals surface area (Å²) in [7, 11) is 0. The molecule has 1 aromatic rings. The van der Waals surface area contributed by atoms with E-state index in [1.165, 1.54) is 19.3 Å². The molecule has 19 heavy (non-hydrogen) atoms. The average molecular weight is 287 g/mol. The average Bonchev–Trinajstić information content (AvgIpc) is 2.37. The van der Waals surface area contributed by atoms with E-state index in [0.717, 1.165) is 25.1 Å². The van der Waals surface area contributed by atoms with Gasteiger partial charge in [-0.05, 0) is 19.4 Å². The van der Waals surface area contributed by atoms with Crippen LogP contribution in [0.2, 0.25) is 5.15 Å². The maximum Gasteiger partial charge on any atom is 0.254 e. The summed E-state index contributed by atoms with van der Waals surface area (Å²) in [5, 5.41) is 2.84. The van der Waals surface area contributed by atoms with Crippen LogP contribution >= 0.6 is 11.6 Å². The lowest BCUT2D eigenvalue weighted by molar-refractivity contribution is 0.0937. The van der Waals surface area contributed by atoms with E-state index in [1.54, 1.807) is 0 Å². The van der Waals surface area contributed by atoms with Crippen LogP contribution in [0.15, 0.2) is 12.3 Å².